The predicted molar refractivity (Wildman–Crippen MR) is 70.7 cm³/mol. The molecule has 1 aliphatic carbocycles. The Labute approximate surface area is 109 Å². The summed E-state index contributed by atoms with van der Waals surface area (Å²) in [6, 6.07) is 0. The summed E-state index contributed by atoms with van der Waals surface area (Å²) in [5.41, 5.74) is 0.977. The maximum atomic E-state index is 12.2. The van der Waals surface area contributed by atoms with Crippen molar-refractivity contribution < 1.29 is 13.2 Å². The van der Waals surface area contributed by atoms with Crippen LogP contribution in [-0.2, 0) is 14.8 Å². The highest BCUT2D eigenvalue weighted by molar-refractivity contribution is 7.90. The van der Waals surface area contributed by atoms with Crippen LogP contribution >= 0.6 is 0 Å². The lowest BCUT2D eigenvalue weighted by atomic mass is 10.0. The van der Waals surface area contributed by atoms with Crippen molar-refractivity contribution in [2.24, 2.45) is 0 Å². The van der Waals surface area contributed by atoms with E-state index in [1.54, 1.807) is 0 Å². The average Bonchev–Trinajstić information content (AvgIpc) is 2.40. The number of sulfonamides is 1. The topological polar surface area (TPSA) is 58.6 Å². The van der Waals surface area contributed by atoms with E-state index in [-0.39, 0.29) is 5.25 Å². The first kappa shape index (κ1) is 13.8. The van der Waals surface area contributed by atoms with Crippen LogP contribution in [0.15, 0.2) is 11.8 Å². The Balaban J connectivity index is 2.17. The van der Waals surface area contributed by atoms with Gasteiger partial charge in [0.1, 0.15) is 5.25 Å². The number of rotatable bonds is 4. The third-order valence-corrected chi connectivity index (χ3v) is 5.37. The number of hydrogen-bond acceptors (Lipinski definition) is 4. The second-order valence-electron chi connectivity index (χ2n) is 4.69. The third kappa shape index (κ3) is 3.05. The molecule has 1 saturated heterocycles. The van der Waals surface area contributed by atoms with E-state index in [1.165, 1.54) is 0 Å². The van der Waals surface area contributed by atoms with E-state index in [2.05, 4.69) is 15.7 Å². The lowest BCUT2D eigenvalue weighted by Crippen LogP contribution is -2.45. The van der Waals surface area contributed by atoms with Gasteiger partial charge in [0.25, 0.3) is 0 Å². The van der Waals surface area contributed by atoms with Gasteiger partial charge in [0.05, 0.1) is 13.2 Å². The molecule has 2 rings (SSSR count). The molecule has 1 fully saturated rings. The monoisotopic (exact) mass is 274 g/mol. The number of hydrogen-bond donors (Lipinski definition) is 1. The average molecular weight is 274 g/mol. The van der Waals surface area contributed by atoms with E-state index >= 15 is 0 Å². The van der Waals surface area contributed by atoms with E-state index < -0.39 is 10.0 Å². The first-order valence-electron chi connectivity index (χ1n) is 6.66. The normalized spacial score (nSPS) is 25.9. The van der Waals surface area contributed by atoms with Gasteiger partial charge in [0.15, 0.2) is 0 Å². The summed E-state index contributed by atoms with van der Waals surface area (Å²) in [6.45, 7) is 5.23. The van der Waals surface area contributed by atoms with Gasteiger partial charge in [-0.1, -0.05) is 13.0 Å². The Bertz CT molecular complexity index is 400. The summed E-state index contributed by atoms with van der Waals surface area (Å²) in [5, 5.41) is -0.385. The molecule has 18 heavy (non-hydrogen) atoms. The van der Waals surface area contributed by atoms with Crippen LogP contribution in [0.4, 0.5) is 0 Å². The van der Waals surface area contributed by atoms with Crippen molar-refractivity contribution in [2.75, 3.05) is 32.8 Å². The maximum Gasteiger partial charge on any atom is 0.220 e. The number of morpholine rings is 1. The Morgan fingerprint density at radius 1 is 1.44 bits per heavy atom. The maximum absolute atomic E-state index is 12.2. The van der Waals surface area contributed by atoms with Gasteiger partial charge in [-0.25, -0.2) is 13.1 Å². The van der Waals surface area contributed by atoms with Crippen LogP contribution in [0.1, 0.15) is 26.2 Å². The first-order valence-corrected chi connectivity index (χ1v) is 8.21. The van der Waals surface area contributed by atoms with Gasteiger partial charge < -0.3 is 9.64 Å². The lowest BCUT2D eigenvalue weighted by Gasteiger charge is -2.36. The van der Waals surface area contributed by atoms with Crippen molar-refractivity contribution in [2.45, 2.75) is 31.4 Å². The largest absolute Gasteiger partial charge is 0.378 e. The van der Waals surface area contributed by atoms with Gasteiger partial charge in [0.2, 0.25) is 10.0 Å². The van der Waals surface area contributed by atoms with E-state index in [1.807, 2.05) is 6.92 Å². The molecular weight excluding hydrogens is 252 g/mol. The van der Waals surface area contributed by atoms with Gasteiger partial charge in [-0.3, -0.25) is 0 Å². The molecule has 1 heterocycles. The molecule has 0 spiro atoms. The Morgan fingerprint density at radius 2 is 2.17 bits per heavy atom. The highest BCUT2D eigenvalue weighted by Gasteiger charge is 2.33. The van der Waals surface area contributed by atoms with Crippen molar-refractivity contribution in [1.29, 1.82) is 0 Å². The van der Waals surface area contributed by atoms with Crippen molar-refractivity contribution in [3.8, 4) is 0 Å². The summed E-state index contributed by atoms with van der Waals surface area (Å²) in [7, 11) is -3.23. The number of allylic oxidation sites excluding steroid dienone is 1. The fraction of sp³-hybridized carbons (Fsp3) is 0.833. The van der Waals surface area contributed by atoms with E-state index in [0.717, 1.165) is 38.0 Å². The van der Waals surface area contributed by atoms with Gasteiger partial charge in [0, 0.05) is 25.3 Å². The van der Waals surface area contributed by atoms with Crippen LogP contribution in [0.25, 0.3) is 0 Å². The minimum atomic E-state index is -3.23. The molecule has 0 aromatic heterocycles. The van der Waals surface area contributed by atoms with Gasteiger partial charge in [-0.2, -0.15) is 0 Å². The molecule has 0 aromatic rings. The van der Waals surface area contributed by atoms with Crippen molar-refractivity contribution in [3.05, 3.63) is 11.8 Å². The molecule has 0 bridgehead atoms. The zero-order chi connectivity index (χ0) is 13.0. The smallest absolute Gasteiger partial charge is 0.220 e. The zero-order valence-corrected chi connectivity index (χ0v) is 11.7. The van der Waals surface area contributed by atoms with E-state index in [0.29, 0.717) is 19.8 Å². The van der Waals surface area contributed by atoms with Gasteiger partial charge in [-0.15, -0.1) is 0 Å². The van der Waals surface area contributed by atoms with E-state index in [4.69, 9.17) is 4.74 Å². The van der Waals surface area contributed by atoms with Crippen molar-refractivity contribution in [1.82, 2.24) is 9.62 Å². The minimum Gasteiger partial charge on any atom is -0.378 e. The summed E-state index contributed by atoms with van der Waals surface area (Å²) in [5.74, 6) is 0. The lowest BCUT2D eigenvalue weighted by molar-refractivity contribution is 0.0515. The van der Waals surface area contributed by atoms with Crippen LogP contribution in [0.3, 0.4) is 0 Å². The Kier molecular flexibility index (Phi) is 4.64. The third-order valence-electron chi connectivity index (χ3n) is 3.45. The molecule has 1 N–H and O–H groups in total. The number of nitrogens with zero attached hydrogens (tertiary/aromatic N) is 1. The summed E-state index contributed by atoms with van der Waals surface area (Å²) < 4.78 is 32.4. The Morgan fingerprint density at radius 3 is 2.83 bits per heavy atom. The van der Waals surface area contributed by atoms with Crippen LogP contribution < -0.4 is 4.72 Å². The van der Waals surface area contributed by atoms with Crippen molar-refractivity contribution in [3.63, 3.8) is 0 Å². The first-order chi connectivity index (χ1) is 8.65. The molecule has 1 unspecified atom stereocenters. The molecule has 0 amide bonds. The van der Waals surface area contributed by atoms with Gasteiger partial charge in [-0.05, 0) is 19.3 Å². The van der Waals surface area contributed by atoms with Crippen LogP contribution in [-0.4, -0.2) is 51.4 Å². The molecule has 0 radical (unpaired) electrons. The molecule has 0 aromatic carbocycles. The fourth-order valence-corrected chi connectivity index (χ4v) is 4.25. The molecule has 5 nitrogen and oxygen atoms in total. The summed E-state index contributed by atoms with van der Waals surface area (Å²) in [4.78, 5) is 2.17. The summed E-state index contributed by atoms with van der Waals surface area (Å²) >= 11 is 0. The molecule has 2 aliphatic rings. The highest BCUT2D eigenvalue weighted by Crippen LogP contribution is 2.27. The second kappa shape index (κ2) is 6.04. The molecule has 6 heteroatoms. The van der Waals surface area contributed by atoms with Crippen LogP contribution in [0.2, 0.25) is 0 Å². The second-order valence-corrected chi connectivity index (χ2v) is 6.64. The molecule has 1 aliphatic heterocycles. The number of ether oxygens (including phenoxy) is 1. The van der Waals surface area contributed by atoms with Crippen LogP contribution in [0.5, 0.6) is 0 Å². The predicted octanol–water partition coefficient (Wildman–Crippen LogP) is 0.694. The highest BCUT2D eigenvalue weighted by atomic mass is 32.2. The molecular formula is C12H22N2O3S. The quantitative estimate of drug-likeness (QED) is 0.819. The molecule has 104 valence electrons. The fourth-order valence-electron chi connectivity index (χ4n) is 2.60. The molecule has 1 atom stereocenters. The van der Waals surface area contributed by atoms with Gasteiger partial charge >= 0.3 is 0 Å². The minimum absolute atomic E-state index is 0.385. The van der Waals surface area contributed by atoms with Crippen molar-refractivity contribution >= 4 is 10.0 Å². The standard InChI is InChI=1S/C12H22N2O3S/c1-2-13-18(15,16)12-6-4-3-5-11(12)14-7-9-17-10-8-14/h5,12-13H,2-4,6-10H2,1H3. The molecule has 0 saturated carbocycles. The Hall–Kier alpha value is -0.590. The summed E-state index contributed by atoms with van der Waals surface area (Å²) in [6.07, 6.45) is 4.74. The zero-order valence-electron chi connectivity index (χ0n) is 10.9. The van der Waals surface area contributed by atoms with Crippen LogP contribution in [0, 0.1) is 0 Å². The van der Waals surface area contributed by atoms with E-state index in [9.17, 15) is 8.42 Å². The SMILES string of the molecule is CCNS(=O)(=O)C1CCCC=C1N1CCOCC1. The number of nitrogens with one attached hydrogen (secondary N) is 1.